The van der Waals surface area contributed by atoms with Crippen molar-refractivity contribution in [2.24, 2.45) is 0 Å². The van der Waals surface area contributed by atoms with Crippen LogP contribution in [0.15, 0.2) is 72.3 Å². The molecule has 0 N–H and O–H groups in total. The number of allylic oxidation sites excluding steroid dienone is 1. The molecule has 0 aliphatic rings. The maximum Gasteiger partial charge on any atom is 0.265 e. The molecule has 0 aliphatic carbocycles. The van der Waals surface area contributed by atoms with Crippen LogP contribution >= 0.6 is 0 Å². The molecule has 2 aromatic carbocycles. The highest BCUT2D eigenvalue weighted by molar-refractivity contribution is 6.05. The molecular formula is C22H17N5O2. The fourth-order valence-corrected chi connectivity index (χ4v) is 3.52. The topological polar surface area (TPSA) is 74.8 Å². The van der Waals surface area contributed by atoms with Crippen LogP contribution < -0.4 is 10.3 Å². The molecule has 0 saturated heterocycles. The first kappa shape index (κ1) is 17.1. The van der Waals surface area contributed by atoms with E-state index in [1.165, 1.54) is 10.9 Å². The Hall–Kier alpha value is -4.00. The Balaban J connectivity index is 1.95. The van der Waals surface area contributed by atoms with Gasteiger partial charge in [-0.1, -0.05) is 18.2 Å². The second kappa shape index (κ2) is 6.56. The Kier molecular flexibility index (Phi) is 3.87. The largest absolute Gasteiger partial charge is 0.497 e. The first-order valence-electron chi connectivity index (χ1n) is 9.13. The molecule has 142 valence electrons. The van der Waals surface area contributed by atoms with Gasteiger partial charge in [0.2, 0.25) is 0 Å². The van der Waals surface area contributed by atoms with Gasteiger partial charge >= 0.3 is 0 Å². The van der Waals surface area contributed by atoms with Crippen molar-refractivity contribution in [3.63, 3.8) is 0 Å². The Labute approximate surface area is 165 Å². The molecule has 3 heterocycles. The molecule has 0 unspecified atom stereocenters. The van der Waals surface area contributed by atoms with Crippen molar-refractivity contribution >= 4 is 33.2 Å². The lowest BCUT2D eigenvalue weighted by molar-refractivity contribution is 0.415. The fraction of sp³-hybridized carbons (Fsp3) is 0.0909. The van der Waals surface area contributed by atoms with Gasteiger partial charge in [0.05, 0.1) is 18.1 Å². The zero-order valence-corrected chi connectivity index (χ0v) is 15.7. The molecule has 0 spiro atoms. The Bertz CT molecular complexity index is 1450. The van der Waals surface area contributed by atoms with Gasteiger partial charge in [-0.2, -0.15) is 0 Å². The van der Waals surface area contributed by atoms with E-state index < -0.39 is 0 Å². The van der Waals surface area contributed by atoms with Crippen LogP contribution in [0.3, 0.4) is 0 Å². The van der Waals surface area contributed by atoms with E-state index in [1.807, 2.05) is 53.1 Å². The normalized spacial score (nSPS) is 11.3. The lowest BCUT2D eigenvalue weighted by atomic mass is 10.3. The number of aromatic nitrogens is 5. The van der Waals surface area contributed by atoms with Crippen LogP contribution in [0.1, 0.15) is 0 Å². The van der Waals surface area contributed by atoms with E-state index in [2.05, 4.69) is 11.6 Å². The third-order valence-electron chi connectivity index (χ3n) is 4.89. The summed E-state index contributed by atoms with van der Waals surface area (Å²) in [5.74, 6) is 0.743. The van der Waals surface area contributed by atoms with Gasteiger partial charge in [0.1, 0.15) is 23.0 Å². The van der Waals surface area contributed by atoms with Crippen LogP contribution in [0, 0.1) is 0 Å². The lowest BCUT2D eigenvalue weighted by Gasteiger charge is -2.08. The first-order chi connectivity index (χ1) is 14.2. The van der Waals surface area contributed by atoms with E-state index in [0.29, 0.717) is 28.7 Å². The van der Waals surface area contributed by atoms with Gasteiger partial charge in [0.25, 0.3) is 5.56 Å². The molecule has 7 nitrogen and oxygen atoms in total. The smallest absolute Gasteiger partial charge is 0.265 e. The third-order valence-corrected chi connectivity index (χ3v) is 4.89. The molecule has 0 radical (unpaired) electrons. The summed E-state index contributed by atoms with van der Waals surface area (Å²) < 4.78 is 8.65. The summed E-state index contributed by atoms with van der Waals surface area (Å²) >= 11 is 0. The summed E-state index contributed by atoms with van der Waals surface area (Å²) in [5, 5.41) is 0.443. The number of hydrogen-bond donors (Lipinski definition) is 0. The summed E-state index contributed by atoms with van der Waals surface area (Å²) in [4.78, 5) is 27.3. The van der Waals surface area contributed by atoms with Crippen LogP contribution in [-0.4, -0.2) is 31.2 Å². The van der Waals surface area contributed by atoms with Crippen molar-refractivity contribution in [1.82, 2.24) is 24.1 Å². The number of para-hydroxylation sites is 2. The van der Waals surface area contributed by atoms with Crippen molar-refractivity contribution in [2.75, 3.05) is 7.11 Å². The molecule has 0 aliphatic heterocycles. The first-order valence-corrected chi connectivity index (χ1v) is 9.13. The molecule has 0 saturated carbocycles. The summed E-state index contributed by atoms with van der Waals surface area (Å²) in [6, 6.07) is 15.1. The van der Waals surface area contributed by atoms with Crippen molar-refractivity contribution in [1.29, 1.82) is 0 Å². The number of ether oxygens (including phenoxy) is 1. The van der Waals surface area contributed by atoms with Crippen molar-refractivity contribution in [3.8, 4) is 11.4 Å². The van der Waals surface area contributed by atoms with Crippen LogP contribution in [0.4, 0.5) is 0 Å². The average molecular weight is 383 g/mol. The van der Waals surface area contributed by atoms with Gasteiger partial charge in [0.15, 0.2) is 11.3 Å². The molecule has 5 aromatic rings. The van der Waals surface area contributed by atoms with Crippen molar-refractivity contribution < 1.29 is 4.74 Å². The highest BCUT2D eigenvalue weighted by Gasteiger charge is 2.20. The minimum atomic E-state index is -0.170. The van der Waals surface area contributed by atoms with Crippen LogP contribution in [0.2, 0.25) is 0 Å². The van der Waals surface area contributed by atoms with Gasteiger partial charge < -0.3 is 4.74 Å². The summed E-state index contributed by atoms with van der Waals surface area (Å²) in [5.41, 5.74) is 3.78. The van der Waals surface area contributed by atoms with E-state index in [0.717, 1.165) is 22.5 Å². The van der Waals surface area contributed by atoms with Crippen LogP contribution in [-0.2, 0) is 6.54 Å². The molecule has 5 rings (SSSR count). The summed E-state index contributed by atoms with van der Waals surface area (Å²) in [6.45, 7) is 4.09. The standard InChI is InChI=1S/C22H17N5O2/c1-3-12-26-13-23-20-18(22(26)28)19-21(25-17-7-5-4-6-16(17)24-19)27(20)14-8-10-15(29-2)11-9-14/h3-11,13H,1,12H2,2H3. The predicted octanol–water partition coefficient (Wildman–Crippen LogP) is 3.48. The predicted molar refractivity (Wildman–Crippen MR) is 113 cm³/mol. The maximum atomic E-state index is 13.2. The second-order valence-corrected chi connectivity index (χ2v) is 6.61. The van der Waals surface area contributed by atoms with Gasteiger partial charge in [-0.15, -0.1) is 6.58 Å². The van der Waals surface area contributed by atoms with Crippen LogP contribution in [0.25, 0.3) is 38.9 Å². The fourth-order valence-electron chi connectivity index (χ4n) is 3.52. The highest BCUT2D eigenvalue weighted by atomic mass is 16.5. The van der Waals surface area contributed by atoms with E-state index in [-0.39, 0.29) is 5.56 Å². The summed E-state index contributed by atoms with van der Waals surface area (Å²) in [7, 11) is 1.62. The number of methoxy groups -OCH3 is 1. The molecule has 29 heavy (non-hydrogen) atoms. The molecule has 0 amide bonds. The van der Waals surface area contributed by atoms with E-state index >= 15 is 0 Å². The van der Waals surface area contributed by atoms with Crippen LogP contribution in [0.5, 0.6) is 5.75 Å². The quantitative estimate of drug-likeness (QED) is 0.444. The second-order valence-electron chi connectivity index (χ2n) is 6.61. The summed E-state index contributed by atoms with van der Waals surface area (Å²) in [6.07, 6.45) is 3.20. The number of benzene rings is 2. The van der Waals surface area contributed by atoms with Crippen molar-refractivity contribution in [3.05, 3.63) is 77.9 Å². The number of hydrogen-bond acceptors (Lipinski definition) is 5. The van der Waals surface area contributed by atoms with Crippen molar-refractivity contribution in [2.45, 2.75) is 6.54 Å². The Morgan fingerprint density at radius 2 is 1.76 bits per heavy atom. The number of nitrogens with zero attached hydrogens (tertiary/aromatic N) is 5. The van der Waals surface area contributed by atoms with Gasteiger partial charge in [0, 0.05) is 12.2 Å². The van der Waals surface area contributed by atoms with Gasteiger partial charge in [-0.3, -0.25) is 13.9 Å². The molecule has 7 heteroatoms. The molecule has 0 bridgehead atoms. The van der Waals surface area contributed by atoms with E-state index in [9.17, 15) is 4.79 Å². The van der Waals surface area contributed by atoms with Gasteiger partial charge in [-0.05, 0) is 36.4 Å². The average Bonchev–Trinajstić information content (AvgIpc) is 3.08. The Morgan fingerprint density at radius 3 is 2.45 bits per heavy atom. The third kappa shape index (κ3) is 2.59. The molecular weight excluding hydrogens is 366 g/mol. The minimum Gasteiger partial charge on any atom is -0.497 e. The van der Waals surface area contributed by atoms with Gasteiger partial charge in [-0.25, -0.2) is 15.0 Å². The number of fused-ring (bicyclic) bond motifs is 4. The monoisotopic (exact) mass is 383 g/mol. The van der Waals surface area contributed by atoms with E-state index in [1.54, 1.807) is 13.2 Å². The molecule has 0 atom stereocenters. The molecule has 3 aromatic heterocycles. The van der Waals surface area contributed by atoms with E-state index in [4.69, 9.17) is 14.7 Å². The minimum absolute atomic E-state index is 0.170. The SMILES string of the molecule is C=CCn1cnc2c(c1=O)c1nc3ccccc3nc1n2-c1ccc(OC)cc1. The maximum absolute atomic E-state index is 13.2. The zero-order valence-electron chi connectivity index (χ0n) is 15.7. The number of rotatable bonds is 4. The lowest BCUT2D eigenvalue weighted by Crippen LogP contribution is -2.20. The zero-order chi connectivity index (χ0) is 20.0. The Morgan fingerprint density at radius 1 is 1.03 bits per heavy atom. The highest BCUT2D eigenvalue weighted by Crippen LogP contribution is 2.28. The molecule has 0 fully saturated rings.